The Balaban J connectivity index is 0.000000219. The van der Waals surface area contributed by atoms with Crippen molar-refractivity contribution in [3.63, 3.8) is 0 Å². The van der Waals surface area contributed by atoms with Crippen LogP contribution in [0.2, 0.25) is 0 Å². The highest BCUT2D eigenvalue weighted by Crippen LogP contribution is 2.34. The van der Waals surface area contributed by atoms with E-state index >= 15 is 0 Å². The molecule has 0 radical (unpaired) electrons. The van der Waals surface area contributed by atoms with E-state index in [2.05, 4.69) is 19.1 Å². The number of benzene rings is 3. The SMILES string of the molecule is Cc1ccccc1.Oc1ccc(C2COc3cc(O)ccc3C2)cc1. The molecule has 0 aromatic heterocycles. The lowest BCUT2D eigenvalue weighted by molar-refractivity contribution is 0.261. The summed E-state index contributed by atoms with van der Waals surface area (Å²) in [6.07, 6.45) is 0.889. The van der Waals surface area contributed by atoms with E-state index in [1.807, 2.05) is 36.4 Å². The second-order valence-electron chi connectivity index (χ2n) is 6.25. The number of hydrogen-bond donors (Lipinski definition) is 2. The number of aromatic hydroxyl groups is 2. The molecule has 1 heterocycles. The third kappa shape index (κ3) is 4.54. The molecule has 2 N–H and O–H groups in total. The van der Waals surface area contributed by atoms with Crippen molar-refractivity contribution in [3.05, 3.63) is 89.5 Å². The molecule has 1 aliphatic heterocycles. The minimum atomic E-state index is 0.233. The molecular formula is C22H22O3. The van der Waals surface area contributed by atoms with Gasteiger partial charge in [0.1, 0.15) is 17.2 Å². The lowest BCUT2D eigenvalue weighted by Crippen LogP contribution is -2.18. The molecular weight excluding hydrogens is 312 g/mol. The summed E-state index contributed by atoms with van der Waals surface area (Å²) < 4.78 is 5.68. The maximum absolute atomic E-state index is 9.39. The van der Waals surface area contributed by atoms with Crippen molar-refractivity contribution in [2.24, 2.45) is 0 Å². The van der Waals surface area contributed by atoms with Crippen molar-refractivity contribution in [3.8, 4) is 17.2 Å². The highest BCUT2D eigenvalue weighted by molar-refractivity contribution is 5.43. The molecule has 4 rings (SSSR count). The summed E-state index contributed by atoms with van der Waals surface area (Å²) in [5, 5.41) is 18.7. The molecule has 0 amide bonds. The Morgan fingerprint density at radius 1 is 0.840 bits per heavy atom. The third-order valence-electron chi connectivity index (χ3n) is 4.26. The van der Waals surface area contributed by atoms with Gasteiger partial charge in [-0.2, -0.15) is 0 Å². The molecule has 3 heteroatoms. The zero-order valence-electron chi connectivity index (χ0n) is 14.2. The van der Waals surface area contributed by atoms with Gasteiger partial charge in [0.25, 0.3) is 0 Å². The summed E-state index contributed by atoms with van der Waals surface area (Å²) in [6, 6.07) is 22.7. The fourth-order valence-electron chi connectivity index (χ4n) is 2.86. The van der Waals surface area contributed by atoms with E-state index in [9.17, 15) is 10.2 Å². The summed E-state index contributed by atoms with van der Waals surface area (Å²) in [5.41, 5.74) is 3.59. The number of ether oxygens (including phenoxy) is 1. The quantitative estimate of drug-likeness (QED) is 0.671. The van der Waals surface area contributed by atoms with Gasteiger partial charge in [-0.1, -0.05) is 54.1 Å². The molecule has 0 spiro atoms. The smallest absolute Gasteiger partial charge is 0.126 e. The summed E-state index contributed by atoms with van der Waals surface area (Å²) >= 11 is 0. The van der Waals surface area contributed by atoms with E-state index in [-0.39, 0.29) is 11.5 Å². The highest BCUT2D eigenvalue weighted by Gasteiger charge is 2.21. The molecule has 128 valence electrons. The molecule has 3 aromatic carbocycles. The van der Waals surface area contributed by atoms with Crippen LogP contribution in [0.25, 0.3) is 0 Å². The number of rotatable bonds is 1. The van der Waals surface area contributed by atoms with Gasteiger partial charge in [0.05, 0.1) is 6.61 Å². The predicted molar refractivity (Wildman–Crippen MR) is 99.3 cm³/mol. The van der Waals surface area contributed by atoms with Crippen molar-refractivity contribution in [2.45, 2.75) is 19.3 Å². The van der Waals surface area contributed by atoms with Gasteiger partial charge in [-0.25, -0.2) is 0 Å². The Hall–Kier alpha value is -2.94. The Morgan fingerprint density at radius 2 is 1.52 bits per heavy atom. The predicted octanol–water partition coefficient (Wildman–Crippen LogP) is 4.81. The van der Waals surface area contributed by atoms with Gasteiger partial charge in [-0.3, -0.25) is 0 Å². The molecule has 0 aliphatic carbocycles. The van der Waals surface area contributed by atoms with Crippen LogP contribution in [0.3, 0.4) is 0 Å². The van der Waals surface area contributed by atoms with Crippen molar-refractivity contribution in [2.75, 3.05) is 6.61 Å². The number of hydrogen-bond acceptors (Lipinski definition) is 3. The van der Waals surface area contributed by atoms with Gasteiger partial charge in [-0.05, 0) is 42.7 Å². The van der Waals surface area contributed by atoms with E-state index in [4.69, 9.17) is 4.74 Å². The number of phenolic OH excluding ortho intramolecular Hbond substituents is 2. The molecule has 1 unspecified atom stereocenters. The second-order valence-corrected chi connectivity index (χ2v) is 6.25. The average molecular weight is 334 g/mol. The summed E-state index contributed by atoms with van der Waals surface area (Å²) in [7, 11) is 0. The van der Waals surface area contributed by atoms with E-state index in [0.29, 0.717) is 12.5 Å². The Morgan fingerprint density at radius 3 is 2.16 bits per heavy atom. The summed E-state index contributed by atoms with van der Waals surface area (Å²) in [4.78, 5) is 0. The van der Waals surface area contributed by atoms with E-state index in [1.54, 1.807) is 24.3 Å². The van der Waals surface area contributed by atoms with E-state index < -0.39 is 0 Å². The van der Waals surface area contributed by atoms with Gasteiger partial charge in [0.2, 0.25) is 0 Å². The van der Waals surface area contributed by atoms with Gasteiger partial charge in [-0.15, -0.1) is 0 Å². The first-order chi connectivity index (χ1) is 12.1. The molecule has 0 saturated heterocycles. The molecule has 0 bridgehead atoms. The average Bonchev–Trinajstić information content (AvgIpc) is 2.63. The summed E-state index contributed by atoms with van der Waals surface area (Å²) in [5.74, 6) is 1.57. The molecule has 1 atom stereocenters. The molecule has 0 fully saturated rings. The van der Waals surface area contributed by atoms with E-state index in [0.717, 1.165) is 23.3 Å². The van der Waals surface area contributed by atoms with Gasteiger partial charge in [0, 0.05) is 12.0 Å². The first-order valence-electron chi connectivity index (χ1n) is 8.37. The normalized spacial score (nSPS) is 15.3. The molecule has 25 heavy (non-hydrogen) atoms. The zero-order valence-corrected chi connectivity index (χ0v) is 14.2. The Kier molecular flexibility index (Phi) is 5.24. The minimum Gasteiger partial charge on any atom is -0.508 e. The maximum Gasteiger partial charge on any atom is 0.126 e. The fraction of sp³-hybridized carbons (Fsp3) is 0.182. The highest BCUT2D eigenvalue weighted by atomic mass is 16.5. The van der Waals surface area contributed by atoms with Crippen LogP contribution in [0.5, 0.6) is 17.2 Å². The van der Waals surface area contributed by atoms with Crippen LogP contribution in [0.15, 0.2) is 72.8 Å². The van der Waals surface area contributed by atoms with Crippen LogP contribution in [-0.2, 0) is 6.42 Å². The molecule has 3 aromatic rings. The van der Waals surface area contributed by atoms with Crippen molar-refractivity contribution in [1.29, 1.82) is 0 Å². The molecule has 0 saturated carbocycles. The third-order valence-corrected chi connectivity index (χ3v) is 4.26. The lowest BCUT2D eigenvalue weighted by atomic mass is 9.90. The molecule has 3 nitrogen and oxygen atoms in total. The largest absolute Gasteiger partial charge is 0.508 e. The number of fused-ring (bicyclic) bond motifs is 1. The monoisotopic (exact) mass is 334 g/mol. The van der Waals surface area contributed by atoms with Crippen LogP contribution in [0.1, 0.15) is 22.6 Å². The standard InChI is InChI=1S/C15H14O3.C7H8/c16-13-4-1-10(2-5-13)12-7-11-3-6-14(17)8-15(11)18-9-12;1-7-5-3-2-4-6-7/h1-6,8,12,16-17H,7,9H2;2-6H,1H3. The van der Waals surface area contributed by atoms with Crippen LogP contribution in [0, 0.1) is 6.92 Å². The number of phenols is 2. The van der Waals surface area contributed by atoms with Crippen LogP contribution >= 0.6 is 0 Å². The first-order valence-corrected chi connectivity index (χ1v) is 8.37. The Bertz CT molecular complexity index is 810. The topological polar surface area (TPSA) is 49.7 Å². The maximum atomic E-state index is 9.39. The van der Waals surface area contributed by atoms with Gasteiger partial charge in [0.15, 0.2) is 0 Å². The zero-order chi connectivity index (χ0) is 17.6. The second kappa shape index (κ2) is 7.75. The fourth-order valence-corrected chi connectivity index (χ4v) is 2.86. The van der Waals surface area contributed by atoms with Crippen molar-refractivity contribution >= 4 is 0 Å². The lowest BCUT2D eigenvalue weighted by Gasteiger charge is -2.25. The van der Waals surface area contributed by atoms with Crippen LogP contribution < -0.4 is 4.74 Å². The van der Waals surface area contributed by atoms with Gasteiger partial charge >= 0.3 is 0 Å². The van der Waals surface area contributed by atoms with Crippen molar-refractivity contribution in [1.82, 2.24) is 0 Å². The van der Waals surface area contributed by atoms with Crippen LogP contribution in [0.4, 0.5) is 0 Å². The first kappa shape index (κ1) is 16.9. The van der Waals surface area contributed by atoms with Gasteiger partial charge < -0.3 is 14.9 Å². The summed E-state index contributed by atoms with van der Waals surface area (Å²) in [6.45, 7) is 2.68. The Labute approximate surface area is 148 Å². The molecule has 1 aliphatic rings. The van der Waals surface area contributed by atoms with Crippen molar-refractivity contribution < 1.29 is 14.9 Å². The minimum absolute atomic E-state index is 0.233. The van der Waals surface area contributed by atoms with E-state index in [1.165, 1.54) is 5.56 Å². The van der Waals surface area contributed by atoms with Crippen LogP contribution in [-0.4, -0.2) is 16.8 Å². The number of aryl methyl sites for hydroxylation is 1.